The number of aromatic nitrogens is 2. The highest BCUT2D eigenvalue weighted by Gasteiger charge is 2.08. The molecule has 0 atom stereocenters. The van der Waals surface area contributed by atoms with Crippen molar-refractivity contribution in [3.63, 3.8) is 0 Å². The monoisotopic (exact) mass is 287 g/mol. The summed E-state index contributed by atoms with van der Waals surface area (Å²) in [4.78, 5) is 22.8. The Morgan fingerprint density at radius 2 is 2.14 bits per heavy atom. The number of amides is 2. The van der Waals surface area contributed by atoms with Gasteiger partial charge < -0.3 is 16.8 Å². The molecule has 0 aliphatic heterocycles. The molecule has 21 heavy (non-hydrogen) atoms. The maximum atomic E-state index is 11.9. The number of benzene rings is 1. The number of aryl methyl sites for hydroxylation is 2. The molecule has 2 rings (SSSR count). The fraction of sp³-hybridized carbons (Fsp3) is 0.214. The number of nitrogens with two attached hydrogens (primary N) is 2. The van der Waals surface area contributed by atoms with E-state index in [-0.39, 0.29) is 12.3 Å². The molecule has 1 aromatic heterocycles. The maximum Gasteiger partial charge on any atom is 0.251 e. The van der Waals surface area contributed by atoms with Gasteiger partial charge in [-0.3, -0.25) is 14.3 Å². The van der Waals surface area contributed by atoms with Crippen LogP contribution in [-0.2, 0) is 11.3 Å². The summed E-state index contributed by atoms with van der Waals surface area (Å²) in [5.41, 5.74) is 13.4. The van der Waals surface area contributed by atoms with Gasteiger partial charge in [0.25, 0.3) is 5.91 Å². The third-order valence-electron chi connectivity index (χ3n) is 3.02. The average molecular weight is 287 g/mol. The molecule has 7 heteroatoms. The molecular weight excluding hydrogens is 270 g/mol. The molecule has 7 nitrogen and oxygen atoms in total. The summed E-state index contributed by atoms with van der Waals surface area (Å²) in [6.45, 7) is 2.25. The highest BCUT2D eigenvalue weighted by molar-refractivity contribution is 5.92. The van der Waals surface area contributed by atoms with E-state index in [1.54, 1.807) is 12.1 Å². The summed E-state index contributed by atoms with van der Waals surface area (Å²) >= 11 is 0. The van der Waals surface area contributed by atoms with Crippen LogP contribution >= 0.6 is 0 Å². The fourth-order valence-electron chi connectivity index (χ4n) is 1.82. The summed E-state index contributed by atoms with van der Waals surface area (Å²) < 4.78 is 1.51. The second-order valence-corrected chi connectivity index (χ2v) is 4.73. The van der Waals surface area contributed by atoms with E-state index >= 15 is 0 Å². The van der Waals surface area contributed by atoms with Gasteiger partial charge in [0.2, 0.25) is 5.91 Å². The van der Waals surface area contributed by atoms with E-state index in [2.05, 4.69) is 10.4 Å². The lowest BCUT2D eigenvalue weighted by Gasteiger charge is -2.09. The first-order chi connectivity index (χ1) is 9.95. The van der Waals surface area contributed by atoms with E-state index in [9.17, 15) is 9.59 Å². The lowest BCUT2D eigenvalue weighted by atomic mass is 10.2. The Labute approximate surface area is 121 Å². The number of carbonyl (C=O) groups excluding carboxylic acids is 2. The van der Waals surface area contributed by atoms with E-state index in [0.29, 0.717) is 23.5 Å². The summed E-state index contributed by atoms with van der Waals surface area (Å²) in [6.07, 6.45) is 3.12. The van der Waals surface area contributed by atoms with Gasteiger partial charge in [-0.1, -0.05) is 6.07 Å². The molecule has 1 aromatic carbocycles. The predicted octanol–water partition coefficient (Wildman–Crippen LogP) is 0.901. The zero-order valence-electron chi connectivity index (χ0n) is 11.7. The van der Waals surface area contributed by atoms with Crippen LogP contribution in [-0.4, -0.2) is 21.6 Å². The van der Waals surface area contributed by atoms with Crippen LogP contribution in [0.5, 0.6) is 0 Å². The number of nitrogens with one attached hydrogen (secondary N) is 1. The van der Waals surface area contributed by atoms with Crippen LogP contribution < -0.4 is 16.8 Å². The minimum atomic E-state index is -0.541. The summed E-state index contributed by atoms with van der Waals surface area (Å²) in [6, 6.07) is 5.34. The molecule has 0 bridgehead atoms. The van der Waals surface area contributed by atoms with Crippen molar-refractivity contribution in [1.29, 1.82) is 0 Å². The molecule has 110 valence electrons. The molecule has 0 aliphatic rings. The molecule has 1 heterocycles. The largest absolute Gasteiger partial charge is 0.399 e. The van der Waals surface area contributed by atoms with Gasteiger partial charge in [0.1, 0.15) is 0 Å². The average Bonchev–Trinajstić information content (AvgIpc) is 2.90. The molecule has 0 saturated carbocycles. The second kappa shape index (κ2) is 6.08. The molecular formula is C14H17N5O2. The Balaban J connectivity index is 1.92. The zero-order chi connectivity index (χ0) is 15.4. The number of rotatable bonds is 5. The maximum absolute atomic E-state index is 11.9. The van der Waals surface area contributed by atoms with E-state index in [1.807, 2.05) is 13.0 Å². The molecule has 0 saturated heterocycles. The van der Waals surface area contributed by atoms with Crippen LogP contribution in [0.3, 0.4) is 0 Å². The first kappa shape index (κ1) is 14.6. The molecule has 2 aromatic rings. The van der Waals surface area contributed by atoms with Gasteiger partial charge in [0.15, 0.2) is 0 Å². The Morgan fingerprint density at radius 3 is 2.81 bits per heavy atom. The van der Waals surface area contributed by atoms with Crippen LogP contribution in [0.25, 0.3) is 0 Å². The second-order valence-electron chi connectivity index (χ2n) is 4.73. The van der Waals surface area contributed by atoms with Crippen molar-refractivity contribution in [2.45, 2.75) is 19.9 Å². The Bertz CT molecular complexity index is 678. The minimum Gasteiger partial charge on any atom is -0.399 e. The highest BCUT2D eigenvalue weighted by atomic mass is 16.2. The number of nitrogens with zero attached hydrogens (tertiary/aromatic N) is 2. The number of hydrogen-bond donors (Lipinski definition) is 3. The van der Waals surface area contributed by atoms with Gasteiger partial charge in [-0.15, -0.1) is 0 Å². The van der Waals surface area contributed by atoms with Gasteiger partial charge in [-0.25, -0.2) is 0 Å². The molecule has 2 amide bonds. The first-order valence-electron chi connectivity index (χ1n) is 6.44. The van der Waals surface area contributed by atoms with Crippen LogP contribution in [0.15, 0.2) is 30.6 Å². The predicted molar refractivity (Wildman–Crippen MR) is 79.6 cm³/mol. The standard InChI is InChI=1S/C14H17N5O2/c1-9-2-3-11(15)6-12(9)18-13(20)4-5-19-8-10(7-17-19)14(16)21/h2-3,6-8H,4-5,15H2,1H3,(H2,16,21)(H,18,20). The van der Waals surface area contributed by atoms with Crippen molar-refractivity contribution in [1.82, 2.24) is 9.78 Å². The van der Waals surface area contributed by atoms with Crippen molar-refractivity contribution in [3.8, 4) is 0 Å². The first-order valence-corrected chi connectivity index (χ1v) is 6.44. The van der Waals surface area contributed by atoms with Crippen molar-refractivity contribution in [2.75, 3.05) is 11.1 Å². The van der Waals surface area contributed by atoms with Crippen molar-refractivity contribution >= 4 is 23.2 Å². The number of primary amides is 1. The molecule has 0 aliphatic carbocycles. The normalized spacial score (nSPS) is 10.3. The highest BCUT2D eigenvalue weighted by Crippen LogP contribution is 2.18. The van der Waals surface area contributed by atoms with Gasteiger partial charge in [0.05, 0.1) is 11.8 Å². The lowest BCUT2D eigenvalue weighted by molar-refractivity contribution is -0.116. The third-order valence-corrected chi connectivity index (χ3v) is 3.02. The minimum absolute atomic E-state index is 0.153. The van der Waals surface area contributed by atoms with Crippen LogP contribution in [0.1, 0.15) is 22.3 Å². The van der Waals surface area contributed by atoms with E-state index < -0.39 is 5.91 Å². The third kappa shape index (κ3) is 3.82. The zero-order valence-corrected chi connectivity index (χ0v) is 11.7. The molecule has 0 fully saturated rings. The SMILES string of the molecule is Cc1ccc(N)cc1NC(=O)CCn1cc(C(N)=O)cn1. The molecule has 0 radical (unpaired) electrons. The number of anilines is 2. The Morgan fingerprint density at radius 1 is 1.38 bits per heavy atom. The summed E-state index contributed by atoms with van der Waals surface area (Å²) in [5, 5.41) is 6.76. The smallest absolute Gasteiger partial charge is 0.251 e. The van der Waals surface area contributed by atoms with E-state index in [1.165, 1.54) is 17.1 Å². The molecule has 0 unspecified atom stereocenters. The van der Waals surface area contributed by atoms with Crippen molar-refractivity contribution < 1.29 is 9.59 Å². The van der Waals surface area contributed by atoms with E-state index in [0.717, 1.165) is 5.56 Å². The Kier molecular flexibility index (Phi) is 4.22. The Hall–Kier alpha value is -2.83. The number of nitrogen functional groups attached to an aromatic ring is 1. The fourth-order valence-corrected chi connectivity index (χ4v) is 1.82. The van der Waals surface area contributed by atoms with Gasteiger partial charge in [-0.05, 0) is 24.6 Å². The molecule has 5 N–H and O–H groups in total. The van der Waals surface area contributed by atoms with Crippen LogP contribution in [0.2, 0.25) is 0 Å². The number of hydrogen-bond acceptors (Lipinski definition) is 4. The van der Waals surface area contributed by atoms with Crippen molar-refractivity contribution in [3.05, 3.63) is 41.7 Å². The summed E-state index contributed by atoms with van der Waals surface area (Å²) in [5.74, 6) is -0.694. The molecule has 0 spiro atoms. The van der Waals surface area contributed by atoms with Crippen LogP contribution in [0, 0.1) is 6.92 Å². The summed E-state index contributed by atoms with van der Waals surface area (Å²) in [7, 11) is 0. The van der Waals surface area contributed by atoms with Crippen molar-refractivity contribution in [2.24, 2.45) is 5.73 Å². The quantitative estimate of drug-likeness (QED) is 0.708. The van der Waals surface area contributed by atoms with E-state index in [4.69, 9.17) is 11.5 Å². The van der Waals surface area contributed by atoms with Crippen LogP contribution in [0.4, 0.5) is 11.4 Å². The van der Waals surface area contributed by atoms with Gasteiger partial charge in [0, 0.05) is 30.5 Å². The topological polar surface area (TPSA) is 116 Å². The van der Waals surface area contributed by atoms with Gasteiger partial charge in [-0.2, -0.15) is 5.10 Å². The van der Waals surface area contributed by atoms with Gasteiger partial charge >= 0.3 is 0 Å². The lowest BCUT2D eigenvalue weighted by Crippen LogP contribution is -2.15. The number of carbonyl (C=O) groups is 2.